The first-order chi connectivity index (χ1) is 9.72. The summed E-state index contributed by atoms with van der Waals surface area (Å²) < 4.78 is 0. The minimum absolute atomic E-state index is 0.917. The average molecular weight is 286 g/mol. The Morgan fingerprint density at radius 1 is 1.15 bits per heavy atom. The van der Waals surface area contributed by atoms with Crippen LogP contribution in [0, 0.1) is 13.8 Å². The molecule has 0 radical (unpaired) electrons. The largest absolute Gasteiger partial charge is 0.320 e. The molecular formula is C15H18N4S. The van der Waals surface area contributed by atoms with Gasteiger partial charge in [-0.15, -0.1) is 11.3 Å². The molecule has 5 heteroatoms. The van der Waals surface area contributed by atoms with Crippen LogP contribution in [0.5, 0.6) is 0 Å². The smallest absolute Gasteiger partial charge is 0.188 e. The minimum atomic E-state index is 0.917. The Hall–Kier alpha value is -1.75. The normalized spacial score (nSPS) is 15.0. The third kappa shape index (κ3) is 2.88. The van der Waals surface area contributed by atoms with Gasteiger partial charge in [-0.25, -0.2) is 4.98 Å². The molecule has 0 unspecified atom stereocenters. The number of hydrogen-bond acceptors (Lipinski definition) is 5. The number of nitrogens with zero attached hydrogens (tertiary/aromatic N) is 3. The number of rotatable bonds is 2. The summed E-state index contributed by atoms with van der Waals surface area (Å²) in [6.45, 7) is 4.97. The van der Waals surface area contributed by atoms with Crippen LogP contribution in [-0.2, 0) is 0 Å². The Morgan fingerprint density at radius 2 is 2.05 bits per heavy atom. The van der Waals surface area contributed by atoms with Crippen molar-refractivity contribution in [1.29, 1.82) is 0 Å². The maximum Gasteiger partial charge on any atom is 0.188 e. The average Bonchev–Trinajstić information content (AvgIpc) is 2.88. The number of nitrogens with one attached hydrogen (secondary N) is 1. The fraction of sp³-hybridized carbons (Fsp3) is 0.400. The fourth-order valence-electron chi connectivity index (χ4n) is 2.33. The van der Waals surface area contributed by atoms with Crippen molar-refractivity contribution in [1.82, 2.24) is 9.97 Å². The van der Waals surface area contributed by atoms with Crippen LogP contribution in [0.4, 0.5) is 5.13 Å². The van der Waals surface area contributed by atoms with E-state index in [1.807, 2.05) is 19.9 Å². The second-order valence-electron chi connectivity index (χ2n) is 5.03. The van der Waals surface area contributed by atoms with Gasteiger partial charge in [0.2, 0.25) is 0 Å². The van der Waals surface area contributed by atoms with E-state index in [1.54, 1.807) is 11.3 Å². The summed E-state index contributed by atoms with van der Waals surface area (Å²) in [6.07, 6.45) is 3.44. The highest BCUT2D eigenvalue weighted by molar-refractivity contribution is 7.14. The molecule has 20 heavy (non-hydrogen) atoms. The van der Waals surface area contributed by atoms with E-state index in [4.69, 9.17) is 0 Å². The van der Waals surface area contributed by atoms with Gasteiger partial charge in [0.15, 0.2) is 5.13 Å². The summed E-state index contributed by atoms with van der Waals surface area (Å²) in [5.74, 6) is 1.07. The Morgan fingerprint density at radius 3 is 2.80 bits per heavy atom. The zero-order valence-corrected chi connectivity index (χ0v) is 12.6. The summed E-state index contributed by atoms with van der Waals surface area (Å²) >= 11 is 1.62. The lowest BCUT2D eigenvalue weighted by molar-refractivity contribution is 0.737. The summed E-state index contributed by atoms with van der Waals surface area (Å²) in [4.78, 5) is 13.6. The van der Waals surface area contributed by atoms with Gasteiger partial charge in [0.25, 0.3) is 0 Å². The highest BCUT2D eigenvalue weighted by atomic mass is 32.1. The van der Waals surface area contributed by atoms with E-state index in [9.17, 15) is 0 Å². The highest BCUT2D eigenvalue weighted by Crippen LogP contribution is 2.27. The van der Waals surface area contributed by atoms with Gasteiger partial charge >= 0.3 is 0 Å². The molecule has 0 aliphatic carbocycles. The topological polar surface area (TPSA) is 50.2 Å². The van der Waals surface area contributed by atoms with E-state index in [1.165, 1.54) is 12.8 Å². The van der Waals surface area contributed by atoms with E-state index >= 15 is 0 Å². The van der Waals surface area contributed by atoms with Crippen LogP contribution >= 0.6 is 11.3 Å². The van der Waals surface area contributed by atoms with Gasteiger partial charge in [-0.2, -0.15) is 0 Å². The van der Waals surface area contributed by atoms with E-state index in [0.717, 1.165) is 46.6 Å². The molecule has 2 aromatic heterocycles. The quantitative estimate of drug-likeness (QED) is 0.913. The van der Waals surface area contributed by atoms with Crippen LogP contribution in [0.1, 0.15) is 30.7 Å². The molecule has 0 fully saturated rings. The first-order valence-corrected chi connectivity index (χ1v) is 7.81. The van der Waals surface area contributed by atoms with Gasteiger partial charge < -0.3 is 5.32 Å². The fourth-order valence-corrected chi connectivity index (χ4v) is 3.07. The standard InChI is InChI=1S/C15H18N4S/c1-10-6-7-12(11(2)17-10)13-9-20-15(18-13)19-14-5-3-4-8-16-14/h6-7,9H,3-5,8H2,1-2H3,(H,16,18,19). The molecule has 0 atom stereocenters. The first-order valence-electron chi connectivity index (χ1n) is 6.93. The molecule has 0 spiro atoms. The zero-order valence-electron chi connectivity index (χ0n) is 11.8. The lowest BCUT2D eigenvalue weighted by atomic mass is 10.1. The molecule has 0 saturated heterocycles. The molecule has 1 aliphatic rings. The SMILES string of the molecule is Cc1ccc(-c2csc(NC3=NCCCC3)n2)c(C)n1. The molecule has 0 aromatic carbocycles. The van der Waals surface area contributed by atoms with Gasteiger partial charge in [-0.3, -0.25) is 9.98 Å². The Kier molecular flexibility index (Phi) is 3.78. The van der Waals surface area contributed by atoms with Gasteiger partial charge in [-0.05, 0) is 38.8 Å². The first kappa shape index (κ1) is 13.2. The molecule has 0 saturated carbocycles. The molecule has 2 aromatic rings. The van der Waals surface area contributed by atoms with Gasteiger partial charge in [-0.1, -0.05) is 0 Å². The lowest BCUT2D eigenvalue weighted by Gasteiger charge is -2.11. The van der Waals surface area contributed by atoms with E-state index < -0.39 is 0 Å². The lowest BCUT2D eigenvalue weighted by Crippen LogP contribution is -2.15. The number of thiazole rings is 1. The van der Waals surface area contributed by atoms with Crippen LogP contribution in [0.2, 0.25) is 0 Å². The number of aliphatic imine (C=N–C) groups is 1. The molecule has 0 bridgehead atoms. The molecular weight excluding hydrogens is 268 g/mol. The van der Waals surface area contributed by atoms with Crippen molar-refractivity contribution in [3.63, 3.8) is 0 Å². The number of aromatic nitrogens is 2. The predicted octanol–water partition coefficient (Wildman–Crippen LogP) is 3.82. The zero-order chi connectivity index (χ0) is 13.9. The third-order valence-electron chi connectivity index (χ3n) is 3.38. The maximum atomic E-state index is 4.65. The number of amidine groups is 1. The van der Waals surface area contributed by atoms with Crippen LogP contribution in [0.3, 0.4) is 0 Å². The van der Waals surface area contributed by atoms with Crippen molar-refractivity contribution < 1.29 is 0 Å². The Balaban J connectivity index is 1.81. The molecule has 1 aliphatic heterocycles. The molecule has 0 amide bonds. The molecule has 3 heterocycles. The molecule has 104 valence electrons. The summed E-state index contributed by atoms with van der Waals surface area (Å²) in [7, 11) is 0. The Bertz CT molecular complexity index is 645. The Labute approximate surface area is 123 Å². The van der Waals surface area contributed by atoms with Gasteiger partial charge in [0.1, 0.15) is 5.84 Å². The van der Waals surface area contributed by atoms with Crippen molar-refractivity contribution in [2.75, 3.05) is 11.9 Å². The predicted molar refractivity (Wildman–Crippen MR) is 84.6 cm³/mol. The monoisotopic (exact) mass is 286 g/mol. The van der Waals surface area contributed by atoms with Crippen LogP contribution < -0.4 is 5.32 Å². The van der Waals surface area contributed by atoms with E-state index in [2.05, 4.69) is 31.7 Å². The number of anilines is 1. The van der Waals surface area contributed by atoms with Gasteiger partial charge in [0.05, 0.1) is 5.69 Å². The molecule has 1 N–H and O–H groups in total. The van der Waals surface area contributed by atoms with Crippen molar-refractivity contribution in [2.24, 2.45) is 4.99 Å². The number of aryl methyl sites for hydroxylation is 2. The number of pyridine rings is 1. The summed E-state index contributed by atoms with van der Waals surface area (Å²) in [5.41, 5.74) is 4.15. The second kappa shape index (κ2) is 5.71. The summed E-state index contributed by atoms with van der Waals surface area (Å²) in [6, 6.07) is 4.12. The number of hydrogen-bond donors (Lipinski definition) is 1. The van der Waals surface area contributed by atoms with E-state index in [-0.39, 0.29) is 0 Å². The van der Waals surface area contributed by atoms with Crippen molar-refractivity contribution in [2.45, 2.75) is 33.1 Å². The van der Waals surface area contributed by atoms with Crippen LogP contribution in [-0.4, -0.2) is 22.3 Å². The van der Waals surface area contributed by atoms with Crippen molar-refractivity contribution in [3.8, 4) is 11.3 Å². The van der Waals surface area contributed by atoms with Crippen molar-refractivity contribution >= 4 is 22.3 Å². The third-order valence-corrected chi connectivity index (χ3v) is 4.14. The maximum absolute atomic E-state index is 4.65. The second-order valence-corrected chi connectivity index (χ2v) is 5.89. The highest BCUT2D eigenvalue weighted by Gasteiger charge is 2.11. The molecule has 4 nitrogen and oxygen atoms in total. The van der Waals surface area contributed by atoms with Crippen LogP contribution in [0.25, 0.3) is 11.3 Å². The summed E-state index contributed by atoms with van der Waals surface area (Å²) in [5, 5.41) is 6.33. The van der Waals surface area contributed by atoms with Crippen molar-refractivity contribution in [3.05, 3.63) is 28.9 Å². The molecule has 3 rings (SSSR count). The van der Waals surface area contributed by atoms with E-state index in [0.29, 0.717) is 0 Å². The minimum Gasteiger partial charge on any atom is -0.320 e. The van der Waals surface area contributed by atoms with Crippen LogP contribution in [0.15, 0.2) is 22.5 Å². The van der Waals surface area contributed by atoms with Gasteiger partial charge in [0, 0.05) is 35.3 Å².